The number of hydrogen-bond acceptors (Lipinski definition) is 4. The van der Waals surface area contributed by atoms with Gasteiger partial charge in [0.25, 0.3) is 0 Å². The fourth-order valence-electron chi connectivity index (χ4n) is 3.44. The highest BCUT2D eigenvalue weighted by Crippen LogP contribution is 2.27. The predicted molar refractivity (Wildman–Crippen MR) is 120 cm³/mol. The van der Waals surface area contributed by atoms with Crippen molar-refractivity contribution >= 4 is 22.3 Å². The van der Waals surface area contributed by atoms with Crippen LogP contribution in [0.1, 0.15) is 31.7 Å². The summed E-state index contributed by atoms with van der Waals surface area (Å²) in [4.78, 5) is 12.8. The van der Waals surface area contributed by atoms with Crippen molar-refractivity contribution in [3.63, 3.8) is 0 Å². The third-order valence-corrected chi connectivity index (χ3v) is 5.06. The van der Waals surface area contributed by atoms with Crippen molar-refractivity contribution in [2.24, 2.45) is 0 Å². The van der Waals surface area contributed by atoms with Crippen LogP contribution in [0, 0.1) is 12.3 Å². The second-order valence-electron chi connectivity index (χ2n) is 7.81. The molecule has 0 aromatic carbocycles. The summed E-state index contributed by atoms with van der Waals surface area (Å²) in [5.41, 5.74) is 6.16. The predicted octanol–water partition coefficient (Wildman–Crippen LogP) is 3.97. The van der Waals surface area contributed by atoms with Gasteiger partial charge in [0.2, 0.25) is 0 Å². The summed E-state index contributed by atoms with van der Waals surface area (Å²) in [7, 11) is 0. The quantitative estimate of drug-likeness (QED) is 0.583. The number of H-pyrrole nitrogens is 1. The van der Waals surface area contributed by atoms with Crippen LogP contribution in [-0.2, 0) is 0 Å². The van der Waals surface area contributed by atoms with Crippen molar-refractivity contribution in [1.82, 2.24) is 25.6 Å². The number of nitrogens with zero attached hydrogens (tertiary/aromatic N) is 2. The van der Waals surface area contributed by atoms with Crippen LogP contribution >= 0.6 is 0 Å². The van der Waals surface area contributed by atoms with E-state index in [9.17, 15) is 0 Å². The van der Waals surface area contributed by atoms with Crippen LogP contribution in [0.25, 0.3) is 33.6 Å². The SMILES string of the molecule is C#CC(C)(C)NC(=C)c1cccc(-c2cnc3[nH]c(C4=CCNCC4)cc3c2)n1. The van der Waals surface area contributed by atoms with Crippen LogP contribution in [0.15, 0.2) is 49.2 Å². The van der Waals surface area contributed by atoms with E-state index in [2.05, 4.69) is 51.3 Å². The number of hydrogen-bond donors (Lipinski definition) is 3. The molecule has 0 aliphatic carbocycles. The summed E-state index contributed by atoms with van der Waals surface area (Å²) < 4.78 is 0. The molecule has 0 saturated heterocycles. The van der Waals surface area contributed by atoms with Crippen molar-refractivity contribution in [3.05, 3.63) is 60.6 Å². The standard InChI is InChI=1S/C24H25N5/c1-5-24(3,4)29-16(2)20-7-6-8-21(27-20)19-13-18-14-22(28-23(18)26-15-19)17-9-11-25-12-10-17/h1,6-9,13-15,25,29H,2,10-12H2,3-4H3,(H,26,28). The van der Waals surface area contributed by atoms with Crippen LogP contribution < -0.4 is 10.6 Å². The monoisotopic (exact) mass is 383 g/mol. The lowest BCUT2D eigenvalue weighted by atomic mass is 10.1. The smallest absolute Gasteiger partial charge is 0.137 e. The van der Waals surface area contributed by atoms with Gasteiger partial charge in [-0.3, -0.25) is 0 Å². The number of terminal acetylenes is 1. The molecule has 3 N–H and O–H groups in total. The number of rotatable bonds is 5. The molecule has 3 aromatic rings. The molecule has 146 valence electrons. The molecule has 0 spiro atoms. The average Bonchev–Trinajstić information content (AvgIpc) is 3.17. The molecule has 3 aromatic heterocycles. The average molecular weight is 383 g/mol. The first-order valence-corrected chi connectivity index (χ1v) is 9.77. The molecule has 4 heterocycles. The Hall–Kier alpha value is -3.36. The van der Waals surface area contributed by atoms with Crippen molar-refractivity contribution in [3.8, 4) is 23.6 Å². The molecule has 5 heteroatoms. The van der Waals surface area contributed by atoms with E-state index < -0.39 is 5.54 Å². The Labute approximate surface area is 171 Å². The van der Waals surface area contributed by atoms with Gasteiger partial charge in [-0.25, -0.2) is 9.97 Å². The molecule has 0 unspecified atom stereocenters. The van der Waals surface area contributed by atoms with Gasteiger partial charge >= 0.3 is 0 Å². The zero-order valence-corrected chi connectivity index (χ0v) is 16.8. The molecule has 1 aliphatic rings. The molecule has 0 saturated carbocycles. The number of pyridine rings is 2. The Morgan fingerprint density at radius 3 is 2.93 bits per heavy atom. The molecular formula is C24H25N5. The van der Waals surface area contributed by atoms with Gasteiger partial charge in [0, 0.05) is 29.4 Å². The Bertz CT molecular complexity index is 1140. The van der Waals surface area contributed by atoms with Gasteiger partial charge in [0.05, 0.1) is 22.6 Å². The van der Waals surface area contributed by atoms with E-state index in [-0.39, 0.29) is 0 Å². The van der Waals surface area contributed by atoms with Gasteiger partial charge in [-0.1, -0.05) is 24.6 Å². The molecule has 0 amide bonds. The third-order valence-electron chi connectivity index (χ3n) is 5.06. The summed E-state index contributed by atoms with van der Waals surface area (Å²) >= 11 is 0. The summed E-state index contributed by atoms with van der Waals surface area (Å²) in [6.45, 7) is 9.88. The van der Waals surface area contributed by atoms with Gasteiger partial charge in [-0.05, 0) is 56.7 Å². The van der Waals surface area contributed by atoms with Crippen LogP contribution in [0.4, 0.5) is 0 Å². The van der Waals surface area contributed by atoms with Crippen molar-refractivity contribution in [2.45, 2.75) is 25.8 Å². The highest BCUT2D eigenvalue weighted by Gasteiger charge is 2.16. The Morgan fingerprint density at radius 1 is 1.31 bits per heavy atom. The Kier molecular flexibility index (Phi) is 4.96. The lowest BCUT2D eigenvalue weighted by Crippen LogP contribution is -2.36. The van der Waals surface area contributed by atoms with Gasteiger partial charge in [0.15, 0.2) is 0 Å². The minimum Gasteiger partial charge on any atom is -0.368 e. The zero-order chi connectivity index (χ0) is 20.4. The highest BCUT2D eigenvalue weighted by atomic mass is 15.0. The van der Waals surface area contributed by atoms with Gasteiger partial charge in [0.1, 0.15) is 5.65 Å². The normalized spacial score (nSPS) is 14.3. The van der Waals surface area contributed by atoms with Crippen LogP contribution in [-0.4, -0.2) is 33.6 Å². The fourth-order valence-corrected chi connectivity index (χ4v) is 3.44. The summed E-state index contributed by atoms with van der Waals surface area (Å²) in [6, 6.07) is 10.2. The summed E-state index contributed by atoms with van der Waals surface area (Å²) in [5.74, 6) is 2.72. The molecule has 4 rings (SSSR count). The second kappa shape index (κ2) is 7.57. The van der Waals surface area contributed by atoms with Crippen LogP contribution in [0.3, 0.4) is 0 Å². The van der Waals surface area contributed by atoms with E-state index in [1.165, 1.54) is 5.57 Å². The first kappa shape index (κ1) is 19.0. The summed E-state index contributed by atoms with van der Waals surface area (Å²) in [6.07, 6.45) is 10.7. The van der Waals surface area contributed by atoms with Crippen LogP contribution in [0.2, 0.25) is 0 Å². The minimum absolute atomic E-state index is 0.486. The number of aromatic nitrogens is 3. The van der Waals surface area contributed by atoms with Gasteiger partial charge in [-0.2, -0.15) is 0 Å². The lowest BCUT2D eigenvalue weighted by molar-refractivity contribution is 0.586. The van der Waals surface area contributed by atoms with E-state index in [0.717, 1.165) is 53.2 Å². The number of fused-ring (bicyclic) bond motifs is 1. The molecule has 0 fully saturated rings. The molecule has 29 heavy (non-hydrogen) atoms. The van der Waals surface area contributed by atoms with Gasteiger partial charge < -0.3 is 15.6 Å². The minimum atomic E-state index is -0.486. The zero-order valence-electron chi connectivity index (χ0n) is 16.8. The molecule has 0 radical (unpaired) electrons. The van der Waals surface area contributed by atoms with E-state index in [0.29, 0.717) is 5.70 Å². The summed E-state index contributed by atoms with van der Waals surface area (Å²) in [5, 5.41) is 7.67. The Balaban J connectivity index is 1.64. The molecular weight excluding hydrogens is 358 g/mol. The second-order valence-corrected chi connectivity index (χ2v) is 7.81. The first-order valence-electron chi connectivity index (χ1n) is 9.77. The van der Waals surface area contributed by atoms with E-state index >= 15 is 0 Å². The molecule has 5 nitrogen and oxygen atoms in total. The van der Waals surface area contributed by atoms with E-state index in [1.54, 1.807) is 0 Å². The fraction of sp³-hybridized carbons (Fsp3) is 0.250. The Morgan fingerprint density at radius 2 is 2.17 bits per heavy atom. The topological polar surface area (TPSA) is 65.6 Å². The van der Waals surface area contributed by atoms with Gasteiger partial charge in [-0.15, -0.1) is 6.42 Å². The maximum Gasteiger partial charge on any atom is 0.137 e. The lowest BCUT2D eigenvalue weighted by Gasteiger charge is -2.22. The first-order chi connectivity index (χ1) is 13.9. The maximum absolute atomic E-state index is 5.57. The van der Waals surface area contributed by atoms with E-state index in [4.69, 9.17) is 11.4 Å². The van der Waals surface area contributed by atoms with Crippen molar-refractivity contribution in [2.75, 3.05) is 13.1 Å². The van der Waals surface area contributed by atoms with Crippen molar-refractivity contribution in [1.29, 1.82) is 0 Å². The van der Waals surface area contributed by atoms with E-state index in [1.807, 2.05) is 38.2 Å². The third kappa shape index (κ3) is 4.08. The number of nitrogens with one attached hydrogen (secondary N) is 3. The molecule has 0 bridgehead atoms. The molecule has 1 aliphatic heterocycles. The van der Waals surface area contributed by atoms with Crippen LogP contribution in [0.5, 0.6) is 0 Å². The maximum atomic E-state index is 5.57. The molecule has 0 atom stereocenters. The highest BCUT2D eigenvalue weighted by molar-refractivity contribution is 5.85. The number of aromatic amines is 1. The van der Waals surface area contributed by atoms with Crippen molar-refractivity contribution < 1.29 is 0 Å². The largest absolute Gasteiger partial charge is 0.368 e.